The van der Waals surface area contributed by atoms with Crippen molar-refractivity contribution in [2.75, 3.05) is 0 Å². The second-order valence-corrected chi connectivity index (χ2v) is 3.46. The van der Waals surface area contributed by atoms with Gasteiger partial charge in [0.15, 0.2) is 0 Å². The van der Waals surface area contributed by atoms with Gasteiger partial charge in [-0.15, -0.1) is 0 Å². The molecule has 1 fully saturated rings. The minimum Gasteiger partial charge on any atom is -0.364 e. The quantitative estimate of drug-likeness (QED) is 0.722. The standard InChI is InChI=1S/C8H8ClN3O/c9-6-3-5(7(10)13)11-8(12-6)4-1-2-4/h3-4H,1-2H2,(H2,10,13). The van der Waals surface area contributed by atoms with Crippen molar-refractivity contribution in [2.24, 2.45) is 5.73 Å². The van der Waals surface area contributed by atoms with E-state index in [-0.39, 0.29) is 10.8 Å². The fourth-order valence-corrected chi connectivity index (χ4v) is 1.28. The molecule has 68 valence electrons. The average molecular weight is 198 g/mol. The number of carbonyl (C=O) groups is 1. The predicted octanol–water partition coefficient (Wildman–Crippen LogP) is 1.11. The number of hydrogen-bond donors (Lipinski definition) is 1. The van der Waals surface area contributed by atoms with E-state index in [9.17, 15) is 4.79 Å². The number of amides is 1. The highest BCUT2D eigenvalue weighted by Crippen LogP contribution is 2.38. The van der Waals surface area contributed by atoms with E-state index in [1.165, 1.54) is 6.07 Å². The molecule has 1 aliphatic rings. The molecule has 0 bridgehead atoms. The van der Waals surface area contributed by atoms with Crippen molar-refractivity contribution >= 4 is 17.5 Å². The lowest BCUT2D eigenvalue weighted by atomic mass is 10.3. The number of hydrogen-bond acceptors (Lipinski definition) is 3. The Labute approximate surface area is 80.1 Å². The fraction of sp³-hybridized carbons (Fsp3) is 0.375. The Morgan fingerprint density at radius 1 is 1.54 bits per heavy atom. The van der Waals surface area contributed by atoms with Crippen molar-refractivity contribution in [3.63, 3.8) is 0 Å². The van der Waals surface area contributed by atoms with Gasteiger partial charge in [-0.2, -0.15) is 0 Å². The van der Waals surface area contributed by atoms with Crippen LogP contribution in [-0.4, -0.2) is 15.9 Å². The van der Waals surface area contributed by atoms with E-state index in [0.29, 0.717) is 11.7 Å². The van der Waals surface area contributed by atoms with E-state index in [1.54, 1.807) is 0 Å². The zero-order valence-corrected chi connectivity index (χ0v) is 7.58. The first-order chi connectivity index (χ1) is 6.16. The van der Waals surface area contributed by atoms with Crippen molar-refractivity contribution in [3.8, 4) is 0 Å². The molecule has 13 heavy (non-hydrogen) atoms. The van der Waals surface area contributed by atoms with Crippen LogP contribution in [0.5, 0.6) is 0 Å². The normalized spacial score (nSPS) is 15.8. The Bertz CT molecular complexity index is 362. The van der Waals surface area contributed by atoms with Gasteiger partial charge in [-0.1, -0.05) is 11.6 Å². The molecule has 1 aromatic heterocycles. The Morgan fingerprint density at radius 2 is 2.23 bits per heavy atom. The molecule has 0 aliphatic heterocycles. The molecule has 0 aromatic carbocycles. The van der Waals surface area contributed by atoms with E-state index >= 15 is 0 Å². The average Bonchev–Trinajstić information content (AvgIpc) is 2.85. The van der Waals surface area contributed by atoms with Crippen LogP contribution >= 0.6 is 11.6 Å². The maximum absolute atomic E-state index is 10.8. The third-order valence-corrected chi connectivity index (χ3v) is 2.10. The lowest BCUT2D eigenvalue weighted by Crippen LogP contribution is -2.14. The summed E-state index contributed by atoms with van der Waals surface area (Å²) in [6.07, 6.45) is 2.14. The summed E-state index contributed by atoms with van der Waals surface area (Å²) in [6.45, 7) is 0. The first-order valence-electron chi connectivity index (χ1n) is 4.01. The molecule has 0 atom stereocenters. The molecule has 1 amide bonds. The lowest BCUT2D eigenvalue weighted by molar-refractivity contribution is 0.0995. The molecule has 1 aromatic rings. The summed E-state index contributed by atoms with van der Waals surface area (Å²) in [5.41, 5.74) is 5.28. The summed E-state index contributed by atoms with van der Waals surface area (Å²) in [5.74, 6) is 0.448. The third-order valence-electron chi connectivity index (χ3n) is 1.91. The molecule has 5 heteroatoms. The molecule has 1 heterocycles. The van der Waals surface area contributed by atoms with Gasteiger partial charge in [-0.05, 0) is 12.8 Å². The highest BCUT2D eigenvalue weighted by molar-refractivity contribution is 6.29. The molecular formula is C8H8ClN3O. The summed E-state index contributed by atoms with van der Waals surface area (Å²) < 4.78 is 0. The number of aromatic nitrogens is 2. The summed E-state index contributed by atoms with van der Waals surface area (Å²) >= 11 is 5.71. The molecule has 2 N–H and O–H groups in total. The van der Waals surface area contributed by atoms with Crippen LogP contribution in [0.1, 0.15) is 35.1 Å². The van der Waals surface area contributed by atoms with E-state index in [4.69, 9.17) is 17.3 Å². The van der Waals surface area contributed by atoms with Gasteiger partial charge in [0.2, 0.25) is 0 Å². The molecule has 0 spiro atoms. The molecule has 0 unspecified atom stereocenters. The van der Waals surface area contributed by atoms with Crippen molar-refractivity contribution in [1.29, 1.82) is 0 Å². The second-order valence-electron chi connectivity index (χ2n) is 3.07. The highest BCUT2D eigenvalue weighted by Gasteiger charge is 2.27. The van der Waals surface area contributed by atoms with Gasteiger partial charge in [0.05, 0.1) is 0 Å². The van der Waals surface area contributed by atoms with Crippen LogP contribution in [0.2, 0.25) is 5.15 Å². The van der Waals surface area contributed by atoms with Crippen LogP contribution < -0.4 is 5.73 Å². The van der Waals surface area contributed by atoms with E-state index in [0.717, 1.165) is 12.8 Å². The summed E-state index contributed by atoms with van der Waals surface area (Å²) in [7, 11) is 0. The Hall–Kier alpha value is -1.16. The van der Waals surface area contributed by atoms with Crippen LogP contribution in [0, 0.1) is 0 Å². The topological polar surface area (TPSA) is 68.9 Å². The Kier molecular flexibility index (Phi) is 1.92. The number of nitrogens with zero attached hydrogens (tertiary/aromatic N) is 2. The van der Waals surface area contributed by atoms with Crippen LogP contribution in [-0.2, 0) is 0 Å². The SMILES string of the molecule is NC(=O)c1cc(Cl)nc(C2CC2)n1. The third kappa shape index (κ3) is 1.78. The summed E-state index contributed by atoms with van der Waals surface area (Å²) in [6, 6.07) is 1.38. The van der Waals surface area contributed by atoms with E-state index < -0.39 is 5.91 Å². The monoisotopic (exact) mass is 197 g/mol. The first kappa shape index (κ1) is 8.44. The van der Waals surface area contributed by atoms with Gasteiger partial charge in [0.25, 0.3) is 5.91 Å². The molecule has 4 nitrogen and oxygen atoms in total. The Balaban J connectivity index is 2.41. The van der Waals surface area contributed by atoms with Crippen LogP contribution in [0.4, 0.5) is 0 Å². The lowest BCUT2D eigenvalue weighted by Gasteiger charge is -1.99. The number of carbonyl (C=O) groups excluding carboxylic acids is 1. The van der Waals surface area contributed by atoms with Crippen LogP contribution in [0.25, 0.3) is 0 Å². The molecule has 1 aliphatic carbocycles. The minimum atomic E-state index is -0.564. The Morgan fingerprint density at radius 3 is 2.77 bits per heavy atom. The maximum atomic E-state index is 10.8. The largest absolute Gasteiger partial charge is 0.364 e. The second kappa shape index (κ2) is 2.96. The van der Waals surface area contributed by atoms with Gasteiger partial charge in [-0.3, -0.25) is 4.79 Å². The van der Waals surface area contributed by atoms with Crippen molar-refractivity contribution < 1.29 is 4.79 Å². The molecule has 0 radical (unpaired) electrons. The van der Waals surface area contributed by atoms with Crippen LogP contribution in [0.15, 0.2) is 6.07 Å². The molecule has 0 saturated heterocycles. The van der Waals surface area contributed by atoms with Gasteiger partial charge in [0, 0.05) is 12.0 Å². The van der Waals surface area contributed by atoms with Gasteiger partial charge >= 0.3 is 0 Å². The van der Waals surface area contributed by atoms with E-state index in [2.05, 4.69) is 9.97 Å². The van der Waals surface area contributed by atoms with Crippen molar-refractivity contribution in [1.82, 2.24) is 9.97 Å². The number of nitrogens with two attached hydrogens (primary N) is 1. The smallest absolute Gasteiger partial charge is 0.267 e. The number of halogens is 1. The van der Waals surface area contributed by atoms with Gasteiger partial charge in [-0.25, -0.2) is 9.97 Å². The first-order valence-corrected chi connectivity index (χ1v) is 4.39. The van der Waals surface area contributed by atoms with E-state index in [1.807, 2.05) is 0 Å². The van der Waals surface area contributed by atoms with Crippen molar-refractivity contribution in [3.05, 3.63) is 22.7 Å². The van der Waals surface area contributed by atoms with Gasteiger partial charge in [0.1, 0.15) is 16.7 Å². The zero-order chi connectivity index (χ0) is 9.42. The molecule has 1 saturated carbocycles. The fourth-order valence-electron chi connectivity index (χ4n) is 1.09. The van der Waals surface area contributed by atoms with Crippen LogP contribution in [0.3, 0.4) is 0 Å². The van der Waals surface area contributed by atoms with Gasteiger partial charge < -0.3 is 5.73 Å². The van der Waals surface area contributed by atoms with Crippen molar-refractivity contribution in [2.45, 2.75) is 18.8 Å². The molecule has 2 rings (SSSR count). The number of rotatable bonds is 2. The molecular weight excluding hydrogens is 190 g/mol. The summed E-state index contributed by atoms with van der Waals surface area (Å²) in [5, 5.41) is 0.283. The predicted molar refractivity (Wildman–Crippen MR) is 47.5 cm³/mol. The highest BCUT2D eigenvalue weighted by atomic mass is 35.5. The zero-order valence-electron chi connectivity index (χ0n) is 6.83. The minimum absolute atomic E-state index is 0.196. The maximum Gasteiger partial charge on any atom is 0.267 e. The summed E-state index contributed by atoms with van der Waals surface area (Å²) in [4.78, 5) is 18.9. The number of primary amides is 1.